The lowest BCUT2D eigenvalue weighted by molar-refractivity contribution is -0.133. The fraction of sp³-hybridized carbons (Fsp3) is 0.450. The zero-order valence-corrected chi connectivity index (χ0v) is 18.0. The molecular formula is C20H23F2N3O3S2. The van der Waals surface area contributed by atoms with Crippen LogP contribution in [0.15, 0.2) is 40.6 Å². The Balaban J connectivity index is 1.38. The summed E-state index contributed by atoms with van der Waals surface area (Å²) in [5, 5.41) is 2.03. The van der Waals surface area contributed by atoms with Crippen LogP contribution in [0.5, 0.6) is 0 Å². The maximum absolute atomic E-state index is 14.0. The fourth-order valence-electron chi connectivity index (χ4n) is 4.13. The Morgan fingerprint density at radius 3 is 2.37 bits per heavy atom. The molecule has 4 rings (SSSR count). The van der Waals surface area contributed by atoms with E-state index < -0.39 is 26.6 Å². The number of nitrogens with zero attached hydrogens (tertiary/aromatic N) is 3. The summed E-state index contributed by atoms with van der Waals surface area (Å²) in [6.45, 7) is 1.57. The molecule has 2 aromatic rings. The average Bonchev–Trinajstić information content (AvgIpc) is 3.39. The van der Waals surface area contributed by atoms with Gasteiger partial charge in [-0.05, 0) is 43.0 Å². The van der Waals surface area contributed by atoms with Gasteiger partial charge < -0.3 is 4.90 Å². The quantitative estimate of drug-likeness (QED) is 0.696. The summed E-state index contributed by atoms with van der Waals surface area (Å²) in [4.78, 5) is 16.9. The SMILES string of the molecule is O=C(CN1CCC[C@@H]1c1cccs1)N1CCN(S(=O)(=O)c2c(F)cccc2F)CC1. The van der Waals surface area contributed by atoms with E-state index in [1.165, 1.54) is 4.88 Å². The lowest BCUT2D eigenvalue weighted by atomic mass is 10.2. The van der Waals surface area contributed by atoms with Crippen LogP contribution in [0, 0.1) is 11.6 Å². The monoisotopic (exact) mass is 455 g/mol. The number of carbonyl (C=O) groups excluding carboxylic acids is 1. The highest BCUT2D eigenvalue weighted by Gasteiger charge is 2.35. The molecule has 1 aromatic carbocycles. The van der Waals surface area contributed by atoms with Crippen LogP contribution in [0.4, 0.5) is 8.78 Å². The number of amides is 1. The predicted octanol–water partition coefficient (Wildman–Crippen LogP) is 2.70. The van der Waals surface area contributed by atoms with Crippen molar-refractivity contribution in [1.82, 2.24) is 14.1 Å². The molecule has 0 saturated carbocycles. The summed E-state index contributed by atoms with van der Waals surface area (Å²) in [6, 6.07) is 7.33. The third kappa shape index (κ3) is 4.14. The van der Waals surface area contributed by atoms with Crippen LogP contribution in [0.3, 0.4) is 0 Å². The first kappa shape index (κ1) is 21.4. The number of piperazine rings is 1. The molecular weight excluding hydrogens is 432 g/mol. The van der Waals surface area contributed by atoms with Crippen molar-refractivity contribution in [1.29, 1.82) is 0 Å². The van der Waals surface area contributed by atoms with Crippen LogP contribution < -0.4 is 0 Å². The molecule has 2 saturated heterocycles. The van der Waals surface area contributed by atoms with E-state index >= 15 is 0 Å². The molecule has 6 nitrogen and oxygen atoms in total. The van der Waals surface area contributed by atoms with E-state index in [0.717, 1.165) is 41.9 Å². The number of thiophene rings is 1. The van der Waals surface area contributed by atoms with Gasteiger partial charge in [-0.2, -0.15) is 4.31 Å². The lowest BCUT2D eigenvalue weighted by Crippen LogP contribution is -2.52. The van der Waals surface area contributed by atoms with Crippen LogP contribution in [0.1, 0.15) is 23.8 Å². The third-order valence-electron chi connectivity index (χ3n) is 5.68. The topological polar surface area (TPSA) is 60.9 Å². The number of sulfonamides is 1. The number of benzene rings is 1. The summed E-state index contributed by atoms with van der Waals surface area (Å²) in [6.07, 6.45) is 2.06. The standard InChI is InChI=1S/C20H23F2N3O3S2/c21-15-4-1-5-16(22)20(15)30(27,28)25-11-9-23(10-12-25)19(26)14-24-8-2-6-17(24)18-7-3-13-29-18/h1,3-5,7,13,17H,2,6,8-12,14H2/t17-/m1/s1. The number of hydrogen-bond acceptors (Lipinski definition) is 5. The summed E-state index contributed by atoms with van der Waals surface area (Å²) < 4.78 is 54.4. The van der Waals surface area contributed by atoms with Crippen molar-refractivity contribution in [3.63, 3.8) is 0 Å². The van der Waals surface area contributed by atoms with Crippen LogP contribution in [-0.4, -0.2) is 67.7 Å². The molecule has 0 aliphatic carbocycles. The Bertz CT molecular complexity index is 986. The van der Waals surface area contributed by atoms with Crippen molar-refractivity contribution in [2.75, 3.05) is 39.3 Å². The van der Waals surface area contributed by atoms with Crippen molar-refractivity contribution < 1.29 is 22.0 Å². The zero-order chi connectivity index (χ0) is 21.3. The second-order valence-electron chi connectivity index (χ2n) is 7.48. The lowest BCUT2D eigenvalue weighted by Gasteiger charge is -2.35. The zero-order valence-electron chi connectivity index (χ0n) is 16.3. The second-order valence-corrected chi connectivity index (χ2v) is 10.3. The van der Waals surface area contributed by atoms with Gasteiger partial charge in [-0.1, -0.05) is 12.1 Å². The average molecular weight is 456 g/mol. The van der Waals surface area contributed by atoms with Gasteiger partial charge in [-0.25, -0.2) is 17.2 Å². The number of rotatable bonds is 5. The van der Waals surface area contributed by atoms with E-state index in [1.807, 2.05) is 11.4 Å². The summed E-state index contributed by atoms with van der Waals surface area (Å²) in [5.74, 6) is -2.27. The summed E-state index contributed by atoms with van der Waals surface area (Å²) in [7, 11) is -4.30. The highest BCUT2D eigenvalue weighted by molar-refractivity contribution is 7.89. The van der Waals surface area contributed by atoms with E-state index in [0.29, 0.717) is 0 Å². The van der Waals surface area contributed by atoms with Crippen molar-refractivity contribution in [2.45, 2.75) is 23.8 Å². The van der Waals surface area contributed by atoms with Gasteiger partial charge >= 0.3 is 0 Å². The van der Waals surface area contributed by atoms with Crippen molar-refractivity contribution in [2.24, 2.45) is 0 Å². The van der Waals surface area contributed by atoms with Gasteiger partial charge in [-0.15, -0.1) is 11.3 Å². The van der Waals surface area contributed by atoms with E-state index in [2.05, 4.69) is 11.0 Å². The van der Waals surface area contributed by atoms with Gasteiger partial charge in [-0.3, -0.25) is 9.69 Å². The Labute approximate surface area is 178 Å². The van der Waals surface area contributed by atoms with Crippen molar-refractivity contribution in [3.8, 4) is 0 Å². The minimum atomic E-state index is -4.30. The molecule has 0 bridgehead atoms. The summed E-state index contributed by atoms with van der Waals surface area (Å²) in [5.41, 5.74) is 0. The third-order valence-corrected chi connectivity index (χ3v) is 8.61. The minimum absolute atomic E-state index is 0.0101. The van der Waals surface area contributed by atoms with Gasteiger partial charge in [0.2, 0.25) is 15.9 Å². The molecule has 2 fully saturated rings. The molecule has 0 spiro atoms. The Morgan fingerprint density at radius 1 is 1.03 bits per heavy atom. The minimum Gasteiger partial charge on any atom is -0.339 e. The van der Waals surface area contributed by atoms with Crippen LogP contribution in [0.25, 0.3) is 0 Å². The molecule has 0 unspecified atom stereocenters. The van der Waals surface area contributed by atoms with E-state index in [-0.39, 0.29) is 44.7 Å². The largest absolute Gasteiger partial charge is 0.339 e. The second kappa shape index (κ2) is 8.70. The van der Waals surface area contributed by atoms with E-state index in [9.17, 15) is 22.0 Å². The molecule has 30 heavy (non-hydrogen) atoms. The van der Waals surface area contributed by atoms with Crippen LogP contribution in [-0.2, 0) is 14.8 Å². The van der Waals surface area contributed by atoms with E-state index in [1.54, 1.807) is 16.2 Å². The first-order chi connectivity index (χ1) is 14.4. The maximum Gasteiger partial charge on any atom is 0.249 e. The summed E-state index contributed by atoms with van der Waals surface area (Å²) >= 11 is 1.69. The van der Waals surface area contributed by atoms with E-state index in [4.69, 9.17) is 0 Å². The highest BCUT2D eigenvalue weighted by Crippen LogP contribution is 2.34. The predicted molar refractivity (Wildman–Crippen MR) is 110 cm³/mol. The normalized spacial score (nSPS) is 21.3. The van der Waals surface area contributed by atoms with Crippen molar-refractivity contribution in [3.05, 3.63) is 52.2 Å². The van der Waals surface area contributed by atoms with Gasteiger partial charge in [0.25, 0.3) is 0 Å². The molecule has 1 atom stereocenters. The molecule has 1 aromatic heterocycles. The molecule has 3 heterocycles. The molecule has 0 N–H and O–H groups in total. The molecule has 1 amide bonds. The van der Waals surface area contributed by atoms with Gasteiger partial charge in [0.15, 0.2) is 4.90 Å². The fourth-order valence-corrected chi connectivity index (χ4v) is 6.55. The molecule has 2 aliphatic heterocycles. The molecule has 162 valence electrons. The van der Waals surface area contributed by atoms with Gasteiger partial charge in [0.1, 0.15) is 11.6 Å². The number of hydrogen-bond donors (Lipinski definition) is 0. The van der Waals surface area contributed by atoms with Crippen LogP contribution >= 0.6 is 11.3 Å². The number of halogens is 2. The molecule has 2 aliphatic rings. The molecule has 10 heteroatoms. The first-order valence-electron chi connectivity index (χ1n) is 9.87. The molecule has 0 radical (unpaired) electrons. The Morgan fingerprint density at radius 2 is 1.73 bits per heavy atom. The van der Waals surface area contributed by atoms with Gasteiger partial charge in [0, 0.05) is 37.1 Å². The Hall–Kier alpha value is -1.88. The van der Waals surface area contributed by atoms with Crippen molar-refractivity contribution >= 4 is 27.3 Å². The first-order valence-corrected chi connectivity index (χ1v) is 12.2. The Kier molecular flexibility index (Phi) is 6.19. The van der Waals surface area contributed by atoms with Gasteiger partial charge in [0.05, 0.1) is 6.54 Å². The smallest absolute Gasteiger partial charge is 0.249 e. The number of likely N-dealkylation sites (tertiary alicyclic amines) is 1. The van der Waals surface area contributed by atoms with Crippen LogP contribution in [0.2, 0.25) is 0 Å². The highest BCUT2D eigenvalue weighted by atomic mass is 32.2. The number of carbonyl (C=O) groups is 1. The maximum atomic E-state index is 14.0.